The van der Waals surface area contributed by atoms with Gasteiger partial charge in [-0.05, 0) is 74.3 Å². The molecule has 2 atom stereocenters. The predicted molar refractivity (Wildman–Crippen MR) is 106 cm³/mol. The second-order valence-electron chi connectivity index (χ2n) is 7.19. The first kappa shape index (κ1) is 18.5. The minimum atomic E-state index is -0.525. The SMILES string of the molecule is CCc1ccccc1O[C@@H](C)C(=O)N[C@@H](C)c1ccc2c(c1)CCCC2. The molecule has 0 aromatic heterocycles. The third-order valence-electron chi connectivity index (χ3n) is 5.26. The molecule has 2 aromatic carbocycles. The van der Waals surface area contributed by atoms with Crippen molar-refractivity contribution in [1.82, 2.24) is 5.32 Å². The smallest absolute Gasteiger partial charge is 0.261 e. The number of para-hydroxylation sites is 1. The average molecular weight is 351 g/mol. The fourth-order valence-electron chi connectivity index (χ4n) is 3.59. The molecule has 3 rings (SSSR count). The zero-order chi connectivity index (χ0) is 18.5. The van der Waals surface area contributed by atoms with E-state index in [1.165, 1.54) is 36.0 Å². The van der Waals surface area contributed by atoms with E-state index in [1.807, 2.05) is 31.2 Å². The highest BCUT2D eigenvalue weighted by atomic mass is 16.5. The summed E-state index contributed by atoms with van der Waals surface area (Å²) in [6, 6.07) is 14.5. The van der Waals surface area contributed by atoms with Crippen molar-refractivity contribution in [3.05, 3.63) is 64.7 Å². The molecule has 0 bridgehead atoms. The Kier molecular flexibility index (Phi) is 5.97. The average Bonchev–Trinajstić information content (AvgIpc) is 2.67. The van der Waals surface area contributed by atoms with Gasteiger partial charge in [-0.25, -0.2) is 0 Å². The van der Waals surface area contributed by atoms with Gasteiger partial charge in [0.05, 0.1) is 6.04 Å². The van der Waals surface area contributed by atoms with E-state index >= 15 is 0 Å². The Morgan fingerprint density at radius 1 is 1.08 bits per heavy atom. The maximum absolute atomic E-state index is 12.6. The van der Waals surface area contributed by atoms with Gasteiger partial charge in [0.2, 0.25) is 0 Å². The lowest BCUT2D eigenvalue weighted by Crippen LogP contribution is -2.38. The third kappa shape index (κ3) is 4.27. The van der Waals surface area contributed by atoms with Gasteiger partial charge in [-0.15, -0.1) is 0 Å². The Morgan fingerprint density at radius 2 is 1.81 bits per heavy atom. The molecule has 1 amide bonds. The number of amides is 1. The second kappa shape index (κ2) is 8.39. The number of hydrogen-bond acceptors (Lipinski definition) is 2. The molecule has 3 nitrogen and oxygen atoms in total. The van der Waals surface area contributed by atoms with Crippen LogP contribution >= 0.6 is 0 Å². The summed E-state index contributed by atoms with van der Waals surface area (Å²) in [5, 5.41) is 3.10. The molecule has 0 saturated carbocycles. The van der Waals surface area contributed by atoms with Gasteiger partial charge < -0.3 is 10.1 Å². The van der Waals surface area contributed by atoms with Crippen LogP contribution in [-0.4, -0.2) is 12.0 Å². The van der Waals surface area contributed by atoms with Crippen molar-refractivity contribution >= 4 is 5.91 Å². The van der Waals surface area contributed by atoms with E-state index in [4.69, 9.17) is 4.74 Å². The third-order valence-corrected chi connectivity index (χ3v) is 5.26. The molecule has 1 aliphatic carbocycles. The van der Waals surface area contributed by atoms with E-state index in [0.29, 0.717) is 0 Å². The molecular formula is C23H29NO2. The van der Waals surface area contributed by atoms with Crippen LogP contribution in [0.1, 0.15) is 61.9 Å². The molecule has 0 heterocycles. The van der Waals surface area contributed by atoms with Gasteiger partial charge in [0.25, 0.3) is 5.91 Å². The molecule has 1 N–H and O–H groups in total. The maximum atomic E-state index is 12.6. The van der Waals surface area contributed by atoms with E-state index in [1.54, 1.807) is 6.92 Å². The van der Waals surface area contributed by atoms with Crippen molar-refractivity contribution in [1.29, 1.82) is 0 Å². The van der Waals surface area contributed by atoms with Crippen LogP contribution in [0.5, 0.6) is 5.75 Å². The maximum Gasteiger partial charge on any atom is 0.261 e. The number of fused-ring (bicyclic) bond motifs is 1. The first-order chi connectivity index (χ1) is 12.6. The Labute approximate surface area is 156 Å². The van der Waals surface area contributed by atoms with Crippen LogP contribution in [0.2, 0.25) is 0 Å². The minimum Gasteiger partial charge on any atom is -0.481 e. The molecule has 26 heavy (non-hydrogen) atoms. The molecule has 1 aliphatic rings. The molecule has 138 valence electrons. The second-order valence-corrected chi connectivity index (χ2v) is 7.19. The van der Waals surface area contributed by atoms with E-state index < -0.39 is 6.10 Å². The van der Waals surface area contributed by atoms with Crippen molar-refractivity contribution in [3.8, 4) is 5.75 Å². The largest absolute Gasteiger partial charge is 0.481 e. The summed E-state index contributed by atoms with van der Waals surface area (Å²) in [4.78, 5) is 12.6. The number of aryl methyl sites for hydroxylation is 3. The molecule has 0 fully saturated rings. The van der Waals surface area contributed by atoms with Crippen molar-refractivity contribution in [3.63, 3.8) is 0 Å². The van der Waals surface area contributed by atoms with Gasteiger partial charge in [-0.1, -0.05) is 43.3 Å². The van der Waals surface area contributed by atoms with E-state index in [9.17, 15) is 4.79 Å². The van der Waals surface area contributed by atoms with Gasteiger partial charge in [-0.2, -0.15) is 0 Å². The van der Waals surface area contributed by atoms with Gasteiger partial charge >= 0.3 is 0 Å². The molecule has 3 heteroatoms. The first-order valence-electron chi connectivity index (χ1n) is 9.75. The predicted octanol–water partition coefficient (Wildman–Crippen LogP) is 4.77. The molecule has 0 unspecified atom stereocenters. The number of carbonyl (C=O) groups excluding carboxylic acids is 1. The molecular weight excluding hydrogens is 322 g/mol. The van der Waals surface area contributed by atoms with E-state index in [0.717, 1.165) is 24.2 Å². The monoisotopic (exact) mass is 351 g/mol. The Morgan fingerprint density at radius 3 is 2.58 bits per heavy atom. The molecule has 0 spiro atoms. The molecule has 0 radical (unpaired) electrons. The first-order valence-corrected chi connectivity index (χ1v) is 9.75. The summed E-state index contributed by atoms with van der Waals surface area (Å²) in [5.74, 6) is 0.709. The summed E-state index contributed by atoms with van der Waals surface area (Å²) in [6.45, 7) is 5.93. The Hall–Kier alpha value is -2.29. The number of hydrogen-bond donors (Lipinski definition) is 1. The summed E-state index contributed by atoms with van der Waals surface area (Å²) in [6.07, 6.45) is 5.24. The van der Waals surface area contributed by atoms with Crippen LogP contribution in [0.15, 0.2) is 42.5 Å². The number of rotatable bonds is 6. The number of carbonyl (C=O) groups is 1. The van der Waals surface area contributed by atoms with Gasteiger partial charge in [0.15, 0.2) is 6.10 Å². The van der Waals surface area contributed by atoms with Crippen LogP contribution in [-0.2, 0) is 24.1 Å². The van der Waals surface area contributed by atoms with E-state index in [-0.39, 0.29) is 11.9 Å². The van der Waals surface area contributed by atoms with Crippen molar-refractivity contribution in [2.24, 2.45) is 0 Å². The topological polar surface area (TPSA) is 38.3 Å². The number of ether oxygens (including phenoxy) is 1. The fraction of sp³-hybridized carbons (Fsp3) is 0.435. The standard InChI is InChI=1S/C23H29NO2/c1-4-18-9-7-8-12-22(18)26-17(3)23(25)24-16(2)20-14-13-19-10-5-6-11-21(19)15-20/h7-9,12-17H,4-6,10-11H2,1-3H3,(H,24,25)/t16-,17-/m0/s1. The molecule has 2 aromatic rings. The van der Waals surface area contributed by atoms with Crippen molar-refractivity contribution in [2.75, 3.05) is 0 Å². The fourth-order valence-corrected chi connectivity index (χ4v) is 3.59. The zero-order valence-electron chi connectivity index (χ0n) is 16.0. The van der Waals surface area contributed by atoms with Gasteiger partial charge in [0, 0.05) is 0 Å². The summed E-state index contributed by atoms with van der Waals surface area (Å²) >= 11 is 0. The number of nitrogens with one attached hydrogen (secondary N) is 1. The normalized spacial score (nSPS) is 15.7. The quantitative estimate of drug-likeness (QED) is 0.814. The number of benzene rings is 2. The van der Waals surface area contributed by atoms with Crippen LogP contribution in [0.4, 0.5) is 0 Å². The Bertz CT molecular complexity index is 769. The highest BCUT2D eigenvalue weighted by Crippen LogP contribution is 2.25. The summed E-state index contributed by atoms with van der Waals surface area (Å²) in [7, 11) is 0. The molecule has 0 saturated heterocycles. The van der Waals surface area contributed by atoms with Crippen LogP contribution in [0, 0.1) is 0 Å². The van der Waals surface area contributed by atoms with Crippen LogP contribution < -0.4 is 10.1 Å². The highest BCUT2D eigenvalue weighted by molar-refractivity contribution is 5.81. The van der Waals surface area contributed by atoms with Gasteiger partial charge in [-0.3, -0.25) is 4.79 Å². The van der Waals surface area contributed by atoms with Crippen molar-refractivity contribution in [2.45, 2.75) is 65.0 Å². The Balaban J connectivity index is 1.63. The lowest BCUT2D eigenvalue weighted by Gasteiger charge is -2.22. The van der Waals surface area contributed by atoms with Crippen molar-refractivity contribution < 1.29 is 9.53 Å². The van der Waals surface area contributed by atoms with Crippen LogP contribution in [0.25, 0.3) is 0 Å². The molecule has 0 aliphatic heterocycles. The highest BCUT2D eigenvalue weighted by Gasteiger charge is 2.19. The lowest BCUT2D eigenvalue weighted by molar-refractivity contribution is -0.127. The summed E-state index contributed by atoms with van der Waals surface area (Å²) < 4.78 is 5.91. The summed E-state index contributed by atoms with van der Waals surface area (Å²) in [5.41, 5.74) is 5.19. The van der Waals surface area contributed by atoms with Gasteiger partial charge in [0.1, 0.15) is 5.75 Å². The minimum absolute atomic E-state index is 0.0257. The lowest BCUT2D eigenvalue weighted by atomic mass is 9.89. The van der Waals surface area contributed by atoms with Crippen LogP contribution in [0.3, 0.4) is 0 Å². The van der Waals surface area contributed by atoms with E-state index in [2.05, 4.69) is 30.4 Å². The zero-order valence-corrected chi connectivity index (χ0v) is 16.0.